The number of carboxylic acids is 1. The largest absolute Gasteiger partial charge is 0.477 e. The van der Waals surface area contributed by atoms with Gasteiger partial charge in [-0.25, -0.2) is 9.78 Å². The number of oxime groups is 1. The lowest BCUT2D eigenvalue weighted by molar-refractivity contribution is -0.215. The summed E-state index contributed by atoms with van der Waals surface area (Å²) in [6.45, 7) is 0. The molecule has 0 bridgehead atoms. The van der Waals surface area contributed by atoms with E-state index in [0.29, 0.717) is 5.75 Å². The number of aromatic nitrogens is 1. The number of carboxylic acid groups (broad SMARTS) is 1. The number of amides is 2. The first kappa shape index (κ1) is 19.4. The summed E-state index contributed by atoms with van der Waals surface area (Å²) in [4.78, 5) is 58.8. The van der Waals surface area contributed by atoms with E-state index in [-0.39, 0.29) is 23.0 Å². The molecular formula is C15H15N5O7S2. The number of nitrogens with zero attached hydrogens (tertiary/aromatic N) is 3. The number of thioether (sulfide) groups is 1. The summed E-state index contributed by atoms with van der Waals surface area (Å²) < 4.78 is 5.10. The average molecular weight is 441 g/mol. The molecule has 14 heteroatoms. The van der Waals surface area contributed by atoms with Crippen molar-refractivity contribution >= 4 is 57.7 Å². The van der Waals surface area contributed by atoms with Crippen molar-refractivity contribution < 1.29 is 33.9 Å². The fourth-order valence-corrected chi connectivity index (χ4v) is 5.72. The van der Waals surface area contributed by atoms with Crippen molar-refractivity contribution in [3.05, 3.63) is 11.1 Å². The van der Waals surface area contributed by atoms with Gasteiger partial charge in [-0.05, 0) is 0 Å². The van der Waals surface area contributed by atoms with Crippen molar-refractivity contribution in [3.8, 4) is 0 Å². The van der Waals surface area contributed by atoms with E-state index in [0.717, 1.165) is 16.2 Å². The number of esters is 1. The number of carbonyl (C=O) groups excluding carboxylic acids is 3. The van der Waals surface area contributed by atoms with Crippen LogP contribution in [0.3, 0.4) is 0 Å². The topological polar surface area (TPSA) is 174 Å². The molecule has 2 amide bonds. The third-order valence-corrected chi connectivity index (χ3v) is 6.95. The molecule has 1 aromatic rings. The zero-order valence-corrected chi connectivity index (χ0v) is 16.5. The molecule has 3 fully saturated rings. The lowest BCUT2D eigenvalue weighted by Crippen LogP contribution is -2.80. The first-order valence-electron chi connectivity index (χ1n) is 8.33. The number of aliphatic carboxylic acids is 1. The van der Waals surface area contributed by atoms with E-state index in [4.69, 9.17) is 10.5 Å². The maximum Gasteiger partial charge on any atom is 0.370 e. The number of nitrogens with two attached hydrogens (primary N) is 1. The van der Waals surface area contributed by atoms with Crippen LogP contribution in [0.4, 0.5) is 5.13 Å². The Balaban J connectivity index is 1.56. The van der Waals surface area contributed by atoms with Gasteiger partial charge in [0.15, 0.2) is 10.8 Å². The van der Waals surface area contributed by atoms with Crippen LogP contribution in [0.5, 0.6) is 0 Å². The second-order valence-corrected chi connectivity index (χ2v) is 8.49. The summed E-state index contributed by atoms with van der Waals surface area (Å²) >= 11 is 2.38. The van der Waals surface area contributed by atoms with Crippen LogP contribution in [0.2, 0.25) is 0 Å². The van der Waals surface area contributed by atoms with E-state index in [1.807, 2.05) is 0 Å². The fraction of sp³-hybridized carbons (Fsp3) is 0.467. The summed E-state index contributed by atoms with van der Waals surface area (Å²) in [6.07, 6.45) is -0.0806. The van der Waals surface area contributed by atoms with Crippen LogP contribution in [0, 0.1) is 5.92 Å². The van der Waals surface area contributed by atoms with E-state index in [1.54, 1.807) is 0 Å². The molecule has 1 aromatic heterocycles. The predicted molar refractivity (Wildman–Crippen MR) is 99.7 cm³/mol. The molecule has 4 rings (SSSR count). The lowest BCUT2D eigenvalue weighted by Gasteiger charge is -2.56. The molecule has 0 saturated carbocycles. The quantitative estimate of drug-likeness (QED) is 0.218. The average Bonchev–Trinajstić information content (AvgIpc) is 3.25. The lowest BCUT2D eigenvalue weighted by atomic mass is 9.89. The molecule has 3 aliphatic rings. The van der Waals surface area contributed by atoms with Crippen LogP contribution in [-0.4, -0.2) is 74.5 Å². The molecule has 3 saturated heterocycles. The van der Waals surface area contributed by atoms with Gasteiger partial charge in [0.25, 0.3) is 17.5 Å². The van der Waals surface area contributed by atoms with Crippen molar-refractivity contribution in [3.63, 3.8) is 0 Å². The minimum absolute atomic E-state index is 0.0806. The number of hydrogen-bond acceptors (Lipinski definition) is 11. The van der Waals surface area contributed by atoms with E-state index in [1.165, 1.54) is 24.3 Å². The van der Waals surface area contributed by atoms with Crippen molar-refractivity contribution in [2.75, 3.05) is 18.6 Å². The van der Waals surface area contributed by atoms with Gasteiger partial charge >= 0.3 is 11.9 Å². The number of β-lactam (4-membered cyclic amide) rings is 1. The molecule has 0 aliphatic carbocycles. The summed E-state index contributed by atoms with van der Waals surface area (Å²) in [6, 6.07) is -1.01. The highest BCUT2D eigenvalue weighted by Crippen LogP contribution is 2.51. The number of fused-ring (bicyclic) bond motifs is 3. The first-order valence-corrected chi connectivity index (χ1v) is 10.3. The van der Waals surface area contributed by atoms with E-state index in [2.05, 4.69) is 20.3 Å². The minimum atomic E-state index is -2.03. The van der Waals surface area contributed by atoms with Crippen LogP contribution in [-0.2, 0) is 28.8 Å². The first-order chi connectivity index (χ1) is 13.8. The second-order valence-electron chi connectivity index (χ2n) is 6.45. The smallest absolute Gasteiger partial charge is 0.370 e. The molecule has 4 N–H and O–H groups in total. The van der Waals surface area contributed by atoms with Gasteiger partial charge < -0.3 is 25.7 Å². The van der Waals surface area contributed by atoms with Crippen molar-refractivity contribution in [2.24, 2.45) is 11.1 Å². The number of anilines is 1. The zero-order chi connectivity index (χ0) is 20.9. The predicted octanol–water partition coefficient (Wildman–Crippen LogP) is -1.18. The Labute approximate surface area is 171 Å². The van der Waals surface area contributed by atoms with Gasteiger partial charge in [-0.2, -0.15) is 0 Å². The Morgan fingerprint density at radius 3 is 2.90 bits per heavy atom. The fourth-order valence-electron chi connectivity index (χ4n) is 3.61. The summed E-state index contributed by atoms with van der Waals surface area (Å²) in [5.74, 6) is -3.83. The summed E-state index contributed by atoms with van der Waals surface area (Å²) in [5, 5.41) is 16.9. The van der Waals surface area contributed by atoms with Gasteiger partial charge in [-0.1, -0.05) is 5.16 Å². The summed E-state index contributed by atoms with van der Waals surface area (Å²) in [7, 11) is 1.25. The van der Waals surface area contributed by atoms with E-state index >= 15 is 0 Å². The van der Waals surface area contributed by atoms with Gasteiger partial charge in [0.1, 0.15) is 24.2 Å². The Kier molecular flexibility index (Phi) is 4.61. The number of nitrogen functional groups attached to an aromatic ring is 1. The molecule has 12 nitrogen and oxygen atoms in total. The third kappa shape index (κ3) is 2.81. The Hall–Kier alpha value is -2.87. The molecule has 4 heterocycles. The van der Waals surface area contributed by atoms with Gasteiger partial charge in [0, 0.05) is 17.1 Å². The number of rotatable bonds is 5. The molecule has 0 radical (unpaired) electrons. The molecule has 3 aliphatic heterocycles. The van der Waals surface area contributed by atoms with Crippen molar-refractivity contribution in [2.45, 2.75) is 23.6 Å². The molecule has 29 heavy (non-hydrogen) atoms. The van der Waals surface area contributed by atoms with Crippen molar-refractivity contribution in [1.29, 1.82) is 0 Å². The van der Waals surface area contributed by atoms with Crippen LogP contribution in [0.15, 0.2) is 10.5 Å². The highest BCUT2D eigenvalue weighted by atomic mass is 32.2. The molecule has 0 spiro atoms. The maximum absolute atomic E-state index is 12.8. The number of ether oxygens (including phenoxy) is 1. The van der Waals surface area contributed by atoms with E-state index in [9.17, 15) is 24.3 Å². The van der Waals surface area contributed by atoms with Gasteiger partial charge in [-0.3, -0.25) is 19.3 Å². The molecular weight excluding hydrogens is 426 g/mol. The maximum atomic E-state index is 12.8. The normalized spacial score (nSPS) is 30.7. The number of nitrogens with one attached hydrogen (secondary N) is 1. The highest BCUT2D eigenvalue weighted by Gasteiger charge is 2.71. The Bertz CT molecular complexity index is 949. The molecule has 154 valence electrons. The van der Waals surface area contributed by atoms with Gasteiger partial charge in [-0.15, -0.1) is 23.1 Å². The monoisotopic (exact) mass is 441 g/mol. The molecule has 4 atom stereocenters. The number of thiazole rings is 1. The Morgan fingerprint density at radius 2 is 2.28 bits per heavy atom. The minimum Gasteiger partial charge on any atom is -0.477 e. The van der Waals surface area contributed by atoms with Gasteiger partial charge in [0.2, 0.25) is 0 Å². The molecule has 0 aromatic carbocycles. The number of hydrogen-bond donors (Lipinski definition) is 3. The highest BCUT2D eigenvalue weighted by molar-refractivity contribution is 8.00. The second kappa shape index (κ2) is 6.88. The van der Waals surface area contributed by atoms with Crippen LogP contribution >= 0.6 is 23.1 Å². The van der Waals surface area contributed by atoms with Crippen LogP contribution < -0.4 is 11.1 Å². The van der Waals surface area contributed by atoms with Crippen LogP contribution in [0.25, 0.3) is 0 Å². The summed E-state index contributed by atoms with van der Waals surface area (Å²) in [5.41, 5.74) is 3.56. The SMILES string of the molecule is CO/N=C(\C(=O)N[C@@H]1C(=O)N2C1SC[C@H]1CC(=O)O[C@@]12C(=O)O)c1csc(N)n1. The zero-order valence-electron chi connectivity index (χ0n) is 14.9. The van der Waals surface area contributed by atoms with Crippen LogP contribution in [0.1, 0.15) is 12.1 Å². The van der Waals surface area contributed by atoms with E-state index < -0.39 is 46.8 Å². The Morgan fingerprint density at radius 1 is 1.52 bits per heavy atom. The van der Waals surface area contributed by atoms with Crippen molar-refractivity contribution in [1.82, 2.24) is 15.2 Å². The third-order valence-electron chi connectivity index (χ3n) is 4.86. The molecule has 1 unspecified atom stereocenters. The standard InChI is InChI=1S/C15H15N5O7S2/c1-26-19-8(6-4-29-14(16)17-6)10(22)18-9-11(23)20-12(9)28-3-5-2-7(21)27-15(5,20)13(24)25/h4-5,9,12H,2-3H2,1H3,(H2,16,17)(H,18,22)(H,24,25)/b19-8-/t5-,9-,12?,15-/m1/s1. The number of carbonyl (C=O) groups is 4. The van der Waals surface area contributed by atoms with Gasteiger partial charge in [0.05, 0.1) is 6.42 Å².